The lowest BCUT2D eigenvalue weighted by atomic mass is 10.3. The number of rotatable bonds is 9. The fraction of sp³-hybridized carbons (Fsp3) is 0.444. The Labute approximate surface area is 178 Å². The molecule has 0 unspecified atom stereocenters. The molecular weight excluding hydrogens is 441 g/mol. The van der Waals surface area contributed by atoms with Crippen LogP contribution in [0.1, 0.15) is 30.8 Å². The standard InChI is InChI=1S/C18H21Cl2N3O3S2/c1-3-22(4-2)8-5-9-28(25,26)11-15(24)13-10-23-14-7-6-12(19)16(20)17(14)27-18(23)21-13/h6-7,10H,3-5,8-9,11H2,1-2H3. The number of thiazole rings is 1. The van der Waals surface area contributed by atoms with Crippen LogP contribution in [0.4, 0.5) is 0 Å². The number of hydrogen-bond donors (Lipinski definition) is 0. The fourth-order valence-electron chi connectivity index (χ4n) is 3.04. The molecule has 0 atom stereocenters. The van der Waals surface area contributed by atoms with Crippen molar-refractivity contribution in [2.24, 2.45) is 0 Å². The van der Waals surface area contributed by atoms with Crippen LogP contribution in [0.5, 0.6) is 0 Å². The van der Waals surface area contributed by atoms with Gasteiger partial charge in [-0.25, -0.2) is 13.4 Å². The molecule has 152 valence electrons. The Hall–Kier alpha value is -1.19. The molecule has 0 aliphatic rings. The molecular formula is C18H21Cl2N3O3S2. The molecule has 3 aromatic rings. The molecule has 3 rings (SSSR count). The van der Waals surface area contributed by atoms with Gasteiger partial charge in [0.25, 0.3) is 0 Å². The number of hydrogen-bond acceptors (Lipinski definition) is 6. The van der Waals surface area contributed by atoms with Gasteiger partial charge in [0, 0.05) is 6.20 Å². The molecule has 0 spiro atoms. The van der Waals surface area contributed by atoms with E-state index in [0.717, 1.165) is 23.3 Å². The summed E-state index contributed by atoms with van der Waals surface area (Å²) in [7, 11) is -3.48. The van der Waals surface area contributed by atoms with Crippen molar-refractivity contribution in [3.05, 3.63) is 34.1 Å². The minimum Gasteiger partial charge on any atom is -0.304 e. The van der Waals surface area contributed by atoms with Crippen molar-refractivity contribution in [2.75, 3.05) is 31.1 Å². The second kappa shape index (κ2) is 8.67. The number of benzene rings is 1. The Bertz CT molecular complexity index is 1120. The molecule has 0 fully saturated rings. The van der Waals surface area contributed by atoms with Gasteiger partial charge in [0.1, 0.15) is 11.4 Å². The maximum Gasteiger partial charge on any atom is 0.197 e. The molecule has 2 heterocycles. The number of nitrogens with zero attached hydrogens (tertiary/aromatic N) is 3. The van der Waals surface area contributed by atoms with Gasteiger partial charge >= 0.3 is 0 Å². The number of halogens is 2. The Morgan fingerprint density at radius 1 is 1.25 bits per heavy atom. The van der Waals surface area contributed by atoms with E-state index >= 15 is 0 Å². The second-order valence-electron chi connectivity index (χ2n) is 6.49. The van der Waals surface area contributed by atoms with Gasteiger partial charge in [-0.05, 0) is 38.2 Å². The van der Waals surface area contributed by atoms with Crippen molar-refractivity contribution >= 4 is 65.3 Å². The summed E-state index contributed by atoms with van der Waals surface area (Å²) in [5.41, 5.74) is 0.926. The Balaban J connectivity index is 1.73. The van der Waals surface area contributed by atoms with Crippen LogP contribution in [-0.2, 0) is 9.84 Å². The van der Waals surface area contributed by atoms with E-state index in [1.165, 1.54) is 11.3 Å². The number of imidazole rings is 1. The van der Waals surface area contributed by atoms with E-state index in [9.17, 15) is 13.2 Å². The summed E-state index contributed by atoms with van der Waals surface area (Å²) in [6, 6.07) is 3.48. The van der Waals surface area contributed by atoms with Crippen molar-refractivity contribution in [3.8, 4) is 0 Å². The van der Waals surface area contributed by atoms with Crippen LogP contribution in [0.2, 0.25) is 10.0 Å². The number of carbonyl (C=O) groups is 1. The number of sulfone groups is 1. The van der Waals surface area contributed by atoms with Gasteiger partial charge in [-0.1, -0.05) is 48.4 Å². The lowest BCUT2D eigenvalue weighted by molar-refractivity contribution is 0.101. The molecule has 0 saturated heterocycles. The van der Waals surface area contributed by atoms with Crippen LogP contribution in [0.25, 0.3) is 15.2 Å². The summed E-state index contributed by atoms with van der Waals surface area (Å²) in [5.74, 6) is -1.03. The summed E-state index contributed by atoms with van der Waals surface area (Å²) < 4.78 is 27.1. The van der Waals surface area contributed by atoms with E-state index in [1.807, 2.05) is 13.8 Å². The summed E-state index contributed by atoms with van der Waals surface area (Å²) in [6.45, 7) is 6.54. The highest BCUT2D eigenvalue weighted by Crippen LogP contribution is 2.36. The molecule has 0 amide bonds. The largest absolute Gasteiger partial charge is 0.304 e. The number of ketones is 1. The Morgan fingerprint density at radius 2 is 1.96 bits per heavy atom. The van der Waals surface area contributed by atoms with E-state index in [1.54, 1.807) is 22.7 Å². The van der Waals surface area contributed by atoms with Gasteiger partial charge in [0.05, 0.1) is 26.0 Å². The minimum atomic E-state index is -3.48. The van der Waals surface area contributed by atoms with E-state index in [2.05, 4.69) is 9.88 Å². The molecule has 0 saturated carbocycles. The molecule has 6 nitrogen and oxygen atoms in total. The van der Waals surface area contributed by atoms with Crippen molar-refractivity contribution < 1.29 is 13.2 Å². The van der Waals surface area contributed by atoms with E-state index < -0.39 is 21.4 Å². The first-order chi connectivity index (χ1) is 13.3. The molecule has 2 aromatic heterocycles. The average Bonchev–Trinajstić information content (AvgIpc) is 3.20. The molecule has 1 aromatic carbocycles. The molecule has 0 radical (unpaired) electrons. The highest BCUT2D eigenvalue weighted by atomic mass is 35.5. The van der Waals surface area contributed by atoms with Gasteiger partial charge in [-0.3, -0.25) is 9.20 Å². The molecule has 28 heavy (non-hydrogen) atoms. The lowest BCUT2D eigenvalue weighted by Crippen LogP contribution is -2.27. The number of fused-ring (bicyclic) bond motifs is 3. The molecule has 0 aliphatic carbocycles. The summed E-state index contributed by atoms with van der Waals surface area (Å²) in [6.07, 6.45) is 2.08. The van der Waals surface area contributed by atoms with Gasteiger partial charge in [0.2, 0.25) is 0 Å². The Morgan fingerprint density at radius 3 is 2.64 bits per heavy atom. The molecule has 0 N–H and O–H groups in total. The number of carbonyl (C=O) groups excluding carboxylic acids is 1. The van der Waals surface area contributed by atoms with E-state index in [-0.39, 0.29) is 11.4 Å². The van der Waals surface area contributed by atoms with Crippen LogP contribution >= 0.6 is 34.5 Å². The summed E-state index contributed by atoms with van der Waals surface area (Å²) in [4.78, 5) is 19.5. The van der Waals surface area contributed by atoms with Gasteiger partial charge in [-0.2, -0.15) is 0 Å². The SMILES string of the molecule is CCN(CC)CCCS(=O)(=O)CC(=O)c1cn2c(n1)sc1c(Cl)c(Cl)ccc12. The fourth-order valence-corrected chi connectivity index (χ4v) is 5.83. The summed E-state index contributed by atoms with van der Waals surface area (Å²) >= 11 is 13.6. The molecule has 0 bridgehead atoms. The zero-order valence-electron chi connectivity index (χ0n) is 15.6. The predicted octanol–water partition coefficient (Wildman–Crippen LogP) is 4.19. The maximum atomic E-state index is 12.5. The van der Waals surface area contributed by atoms with Crippen molar-refractivity contribution in [1.82, 2.24) is 14.3 Å². The predicted molar refractivity (Wildman–Crippen MR) is 116 cm³/mol. The Kier molecular flexibility index (Phi) is 6.66. The van der Waals surface area contributed by atoms with Crippen molar-refractivity contribution in [1.29, 1.82) is 0 Å². The van der Waals surface area contributed by atoms with Crippen LogP contribution in [0.15, 0.2) is 18.3 Å². The zero-order chi connectivity index (χ0) is 20.5. The van der Waals surface area contributed by atoms with Crippen LogP contribution < -0.4 is 0 Å². The first-order valence-corrected chi connectivity index (χ1v) is 12.4. The van der Waals surface area contributed by atoms with Crippen molar-refractivity contribution in [2.45, 2.75) is 20.3 Å². The van der Waals surface area contributed by atoms with Gasteiger partial charge in [-0.15, -0.1) is 0 Å². The average molecular weight is 462 g/mol. The molecule has 0 aliphatic heterocycles. The third-order valence-electron chi connectivity index (χ3n) is 4.62. The quantitative estimate of drug-likeness (QED) is 0.446. The van der Waals surface area contributed by atoms with Crippen LogP contribution in [-0.4, -0.2) is 59.6 Å². The topological polar surface area (TPSA) is 71.8 Å². The van der Waals surface area contributed by atoms with E-state index in [0.29, 0.717) is 28.0 Å². The van der Waals surface area contributed by atoms with Crippen LogP contribution in [0.3, 0.4) is 0 Å². The highest BCUT2D eigenvalue weighted by molar-refractivity contribution is 7.92. The van der Waals surface area contributed by atoms with Crippen LogP contribution in [0, 0.1) is 0 Å². The number of Topliss-reactive ketones (excluding diaryl/α,β-unsaturated/α-hetero) is 1. The molecule has 10 heteroatoms. The maximum absolute atomic E-state index is 12.5. The highest BCUT2D eigenvalue weighted by Gasteiger charge is 2.22. The second-order valence-corrected chi connectivity index (χ2v) is 10.4. The summed E-state index contributed by atoms with van der Waals surface area (Å²) in [5, 5.41) is 0.893. The van der Waals surface area contributed by atoms with Gasteiger partial charge in [0.15, 0.2) is 20.6 Å². The lowest BCUT2D eigenvalue weighted by Gasteiger charge is -2.17. The first-order valence-electron chi connectivity index (χ1n) is 8.97. The minimum absolute atomic E-state index is 0.00546. The third kappa shape index (κ3) is 4.52. The van der Waals surface area contributed by atoms with Gasteiger partial charge < -0.3 is 4.90 Å². The third-order valence-corrected chi connectivity index (χ3v) is 8.23. The smallest absolute Gasteiger partial charge is 0.197 e. The van der Waals surface area contributed by atoms with E-state index in [4.69, 9.17) is 23.2 Å². The monoisotopic (exact) mass is 461 g/mol. The first kappa shape index (κ1) is 21.5. The number of aromatic nitrogens is 2. The zero-order valence-corrected chi connectivity index (χ0v) is 18.8. The normalized spacial score (nSPS) is 12.5. The van der Waals surface area contributed by atoms with Crippen molar-refractivity contribution in [3.63, 3.8) is 0 Å².